The van der Waals surface area contributed by atoms with Crippen molar-refractivity contribution < 1.29 is 29.0 Å². The molecule has 3 aliphatic heterocycles. The molecule has 3 unspecified atom stereocenters. The predicted molar refractivity (Wildman–Crippen MR) is 132 cm³/mol. The van der Waals surface area contributed by atoms with Gasteiger partial charge in [-0.1, -0.05) is 0 Å². The second kappa shape index (κ2) is 11.6. The number of amidine groups is 1. The summed E-state index contributed by atoms with van der Waals surface area (Å²) < 4.78 is 11.1. The number of cyclic esters (lactones) is 1. The lowest BCUT2D eigenvalue weighted by Gasteiger charge is -2.41. The zero-order valence-corrected chi connectivity index (χ0v) is 21.8. The van der Waals surface area contributed by atoms with Gasteiger partial charge < -0.3 is 25.2 Å². The zero-order valence-electron chi connectivity index (χ0n) is 21.8. The van der Waals surface area contributed by atoms with Crippen LogP contribution in [0.15, 0.2) is 0 Å². The fourth-order valence-electron chi connectivity index (χ4n) is 4.94. The van der Waals surface area contributed by atoms with E-state index in [1.807, 2.05) is 11.8 Å². The van der Waals surface area contributed by atoms with E-state index in [-0.39, 0.29) is 30.7 Å². The minimum absolute atomic E-state index is 0.0243. The molecule has 204 valence electrons. The van der Waals surface area contributed by atoms with Crippen LogP contribution < -0.4 is 5.73 Å². The van der Waals surface area contributed by atoms with Crippen molar-refractivity contribution in [3.8, 4) is 0 Å². The van der Waals surface area contributed by atoms with E-state index in [1.165, 1.54) is 4.90 Å². The summed E-state index contributed by atoms with van der Waals surface area (Å²) in [6.07, 6.45) is -0.429. The van der Waals surface area contributed by atoms with E-state index in [1.54, 1.807) is 25.7 Å². The molecule has 3 atom stereocenters. The van der Waals surface area contributed by atoms with Gasteiger partial charge in [-0.2, -0.15) is 0 Å². The maximum absolute atomic E-state index is 12.6. The van der Waals surface area contributed by atoms with Crippen LogP contribution in [0.5, 0.6) is 0 Å². The van der Waals surface area contributed by atoms with E-state index in [4.69, 9.17) is 25.7 Å². The number of piperazine rings is 2. The van der Waals surface area contributed by atoms with Crippen LogP contribution >= 0.6 is 0 Å². The van der Waals surface area contributed by atoms with Crippen LogP contribution in [0.2, 0.25) is 0 Å². The van der Waals surface area contributed by atoms with Gasteiger partial charge in [0.25, 0.3) is 0 Å². The third-order valence-corrected chi connectivity index (χ3v) is 6.81. The average Bonchev–Trinajstić information content (AvgIpc) is 3.06. The molecule has 13 nitrogen and oxygen atoms in total. The molecule has 3 rings (SSSR count). The summed E-state index contributed by atoms with van der Waals surface area (Å²) in [5.74, 6) is -0.912. The molecule has 0 aliphatic carbocycles. The number of ether oxygens (including phenoxy) is 2. The molecule has 3 saturated heterocycles. The Morgan fingerprint density at radius 2 is 1.75 bits per heavy atom. The third-order valence-electron chi connectivity index (χ3n) is 6.81. The molecule has 0 saturated carbocycles. The highest BCUT2D eigenvalue weighted by molar-refractivity contribution is 5.87. The quantitative estimate of drug-likeness (QED) is 0.302. The minimum atomic E-state index is -0.837. The van der Waals surface area contributed by atoms with Crippen LogP contribution in [-0.2, 0) is 14.3 Å². The van der Waals surface area contributed by atoms with Gasteiger partial charge in [0.1, 0.15) is 17.5 Å². The first-order chi connectivity index (χ1) is 16.9. The van der Waals surface area contributed by atoms with Crippen molar-refractivity contribution >= 4 is 24.0 Å². The second-order valence-electron chi connectivity index (χ2n) is 10.7. The van der Waals surface area contributed by atoms with Crippen molar-refractivity contribution in [2.45, 2.75) is 58.0 Å². The van der Waals surface area contributed by atoms with Crippen molar-refractivity contribution in [2.75, 3.05) is 65.4 Å². The monoisotopic (exact) mass is 511 g/mol. The van der Waals surface area contributed by atoms with Gasteiger partial charge in [-0.05, 0) is 40.7 Å². The first kappa shape index (κ1) is 27.9. The largest absolute Gasteiger partial charge is 0.480 e. The van der Waals surface area contributed by atoms with E-state index < -0.39 is 23.7 Å². The number of nitrogens with one attached hydrogen (secondary N) is 1. The number of carboxylic acid groups (broad SMARTS) is 1. The Balaban J connectivity index is 1.46. The van der Waals surface area contributed by atoms with Gasteiger partial charge in [0.05, 0.1) is 12.6 Å². The minimum Gasteiger partial charge on any atom is -0.480 e. The molecule has 0 aromatic heterocycles. The van der Waals surface area contributed by atoms with Crippen LogP contribution in [0.3, 0.4) is 0 Å². The lowest BCUT2D eigenvalue weighted by Crippen LogP contribution is -2.60. The Bertz CT molecular complexity index is 826. The number of carbonyl (C=O) groups is 3. The number of aliphatic carboxylic acids is 1. The lowest BCUT2D eigenvalue weighted by atomic mass is 10.1. The highest BCUT2D eigenvalue weighted by Gasteiger charge is 2.43. The molecule has 0 bridgehead atoms. The molecule has 3 fully saturated rings. The van der Waals surface area contributed by atoms with Crippen molar-refractivity contribution in [1.82, 2.24) is 24.5 Å². The van der Waals surface area contributed by atoms with E-state index in [2.05, 4.69) is 9.80 Å². The van der Waals surface area contributed by atoms with Crippen LogP contribution in [0.25, 0.3) is 0 Å². The zero-order chi connectivity index (χ0) is 26.6. The normalized spacial score (nSPS) is 26.7. The Kier molecular flexibility index (Phi) is 9.01. The van der Waals surface area contributed by atoms with E-state index in [0.29, 0.717) is 58.9 Å². The van der Waals surface area contributed by atoms with Gasteiger partial charge in [0.2, 0.25) is 0 Å². The van der Waals surface area contributed by atoms with Gasteiger partial charge in [0.15, 0.2) is 6.23 Å². The fraction of sp³-hybridized carbons (Fsp3) is 0.826. The molecule has 13 heteroatoms. The van der Waals surface area contributed by atoms with Gasteiger partial charge in [-0.15, -0.1) is 0 Å². The Morgan fingerprint density at radius 3 is 2.33 bits per heavy atom. The maximum atomic E-state index is 12.6. The van der Waals surface area contributed by atoms with Crippen molar-refractivity contribution in [2.24, 2.45) is 5.73 Å². The number of hydrogen-bond acceptors (Lipinski definition) is 9. The Labute approximate surface area is 212 Å². The van der Waals surface area contributed by atoms with Crippen LogP contribution in [0.4, 0.5) is 9.59 Å². The van der Waals surface area contributed by atoms with Crippen LogP contribution in [0, 0.1) is 5.41 Å². The second-order valence-corrected chi connectivity index (χ2v) is 10.7. The number of nitrogens with zero attached hydrogens (tertiary/aromatic N) is 5. The molecule has 0 aromatic rings. The topological polar surface area (TPSA) is 156 Å². The highest BCUT2D eigenvalue weighted by Crippen LogP contribution is 2.24. The summed E-state index contributed by atoms with van der Waals surface area (Å²) in [5.41, 5.74) is 5.18. The summed E-state index contributed by atoms with van der Waals surface area (Å²) in [6.45, 7) is 12.7. The summed E-state index contributed by atoms with van der Waals surface area (Å²) in [4.78, 5) is 45.5. The molecule has 4 N–H and O–H groups in total. The molecule has 0 radical (unpaired) electrons. The Hall–Kier alpha value is -2.64. The van der Waals surface area contributed by atoms with Gasteiger partial charge >= 0.3 is 18.2 Å². The predicted octanol–water partition coefficient (Wildman–Crippen LogP) is 0.103. The summed E-state index contributed by atoms with van der Waals surface area (Å²) in [7, 11) is 0. The molecule has 36 heavy (non-hydrogen) atoms. The first-order valence-corrected chi connectivity index (χ1v) is 12.6. The van der Waals surface area contributed by atoms with E-state index >= 15 is 0 Å². The average molecular weight is 512 g/mol. The smallest absolute Gasteiger partial charge is 0.411 e. The van der Waals surface area contributed by atoms with Crippen LogP contribution in [0.1, 0.15) is 34.1 Å². The molecule has 0 aromatic carbocycles. The van der Waals surface area contributed by atoms with Gasteiger partial charge in [-0.3, -0.25) is 29.8 Å². The molecule has 3 aliphatic rings. The summed E-state index contributed by atoms with van der Waals surface area (Å²) in [6, 6.07) is -0.661. The Morgan fingerprint density at radius 1 is 1.11 bits per heavy atom. The van der Waals surface area contributed by atoms with Crippen molar-refractivity contribution in [1.29, 1.82) is 5.41 Å². The fourth-order valence-corrected chi connectivity index (χ4v) is 4.94. The van der Waals surface area contributed by atoms with E-state index in [9.17, 15) is 14.4 Å². The van der Waals surface area contributed by atoms with E-state index in [0.717, 1.165) is 6.42 Å². The molecule has 0 spiro atoms. The summed E-state index contributed by atoms with van der Waals surface area (Å²) in [5, 5.41) is 16.9. The molecular weight excluding hydrogens is 470 g/mol. The molecule has 2 amide bonds. The molecular formula is C23H41N7O6. The first-order valence-electron chi connectivity index (χ1n) is 12.6. The standard InChI is InChI=1S/C23H41N7O6/c1-16-20(28-11-8-27(9-12-28)15-18(31)32)35-21(33)29(16)7-5-6-26-10-13-30(17(14-26)19(24)25)22(34)36-23(2,3)4/h16-17,20H,5-15H2,1-4H3,(H3,24,25)(H,31,32). The number of rotatable bonds is 8. The number of carbonyl (C=O) groups excluding carboxylic acids is 2. The summed E-state index contributed by atoms with van der Waals surface area (Å²) >= 11 is 0. The highest BCUT2D eigenvalue weighted by atomic mass is 16.6. The SMILES string of the molecule is CC1C(N2CCN(CC(=O)O)CC2)OC(=O)N1CCCN1CCN(C(=O)OC(C)(C)C)C(C(=N)N)C1. The number of amides is 2. The number of hydrogen-bond donors (Lipinski definition) is 3. The van der Waals surface area contributed by atoms with Gasteiger partial charge in [0, 0.05) is 52.4 Å². The van der Waals surface area contributed by atoms with Crippen LogP contribution in [-0.4, -0.2) is 143 Å². The number of carboxylic acids is 1. The molecule has 3 heterocycles. The van der Waals surface area contributed by atoms with Gasteiger partial charge in [-0.25, -0.2) is 9.59 Å². The maximum Gasteiger partial charge on any atom is 0.411 e. The van der Waals surface area contributed by atoms with Crippen molar-refractivity contribution in [3.63, 3.8) is 0 Å². The third kappa shape index (κ3) is 7.20. The van der Waals surface area contributed by atoms with Crippen molar-refractivity contribution in [3.05, 3.63) is 0 Å². The number of nitrogens with two attached hydrogens (primary N) is 1. The lowest BCUT2D eigenvalue weighted by molar-refractivity contribution is -0.139.